The molecule has 1 atom stereocenters. The second-order valence-electron chi connectivity index (χ2n) is 5.31. The van der Waals surface area contributed by atoms with Crippen LogP contribution in [0.25, 0.3) is 0 Å². The van der Waals surface area contributed by atoms with E-state index in [-0.39, 0.29) is 13.1 Å². The van der Waals surface area contributed by atoms with E-state index < -0.39 is 24.5 Å². The molecule has 0 aromatic heterocycles. The van der Waals surface area contributed by atoms with Crippen molar-refractivity contribution >= 4 is 5.91 Å². The molecule has 0 fully saturated rings. The standard InChI is InChI=1S/C15H19F3N2O/c16-15(17,18)10-20(9-8-19)14(21)13-7-3-5-11-4-1-2-6-12(11)13/h1-2,4,6,13H,3,5,7-10,19H2. The van der Waals surface area contributed by atoms with Crippen molar-refractivity contribution in [1.29, 1.82) is 0 Å². The van der Waals surface area contributed by atoms with E-state index in [1.54, 1.807) is 0 Å². The van der Waals surface area contributed by atoms with Gasteiger partial charge in [0.2, 0.25) is 5.91 Å². The van der Waals surface area contributed by atoms with Crippen molar-refractivity contribution in [2.45, 2.75) is 31.4 Å². The Bertz CT molecular complexity index is 502. The number of halogens is 3. The van der Waals surface area contributed by atoms with Crippen LogP contribution in [0.4, 0.5) is 13.2 Å². The number of nitrogens with two attached hydrogens (primary N) is 1. The van der Waals surface area contributed by atoms with Crippen LogP contribution in [0, 0.1) is 0 Å². The lowest BCUT2D eigenvalue weighted by molar-refractivity contribution is -0.162. The zero-order chi connectivity index (χ0) is 15.5. The number of alkyl halides is 3. The molecule has 0 saturated heterocycles. The molecule has 1 aromatic rings. The Morgan fingerprint density at radius 1 is 1.33 bits per heavy atom. The molecule has 2 rings (SSSR count). The molecule has 0 aliphatic heterocycles. The van der Waals surface area contributed by atoms with Gasteiger partial charge in [0.15, 0.2) is 0 Å². The van der Waals surface area contributed by atoms with Gasteiger partial charge in [-0.1, -0.05) is 24.3 Å². The van der Waals surface area contributed by atoms with Crippen LogP contribution in [0.2, 0.25) is 0 Å². The van der Waals surface area contributed by atoms with Crippen LogP contribution in [-0.2, 0) is 11.2 Å². The molecule has 2 N–H and O–H groups in total. The second-order valence-corrected chi connectivity index (χ2v) is 5.31. The Labute approximate surface area is 121 Å². The first-order valence-corrected chi connectivity index (χ1v) is 7.06. The van der Waals surface area contributed by atoms with Gasteiger partial charge in [0.25, 0.3) is 0 Å². The summed E-state index contributed by atoms with van der Waals surface area (Å²) in [7, 11) is 0. The monoisotopic (exact) mass is 300 g/mol. The lowest BCUT2D eigenvalue weighted by Gasteiger charge is -2.31. The lowest BCUT2D eigenvalue weighted by atomic mass is 9.82. The molecule has 0 bridgehead atoms. The Hall–Kier alpha value is -1.56. The number of carbonyl (C=O) groups excluding carboxylic acids is 1. The molecule has 3 nitrogen and oxygen atoms in total. The fourth-order valence-corrected chi connectivity index (χ4v) is 2.87. The minimum atomic E-state index is -4.40. The third-order valence-corrected chi connectivity index (χ3v) is 3.75. The van der Waals surface area contributed by atoms with Gasteiger partial charge in [-0.05, 0) is 30.4 Å². The van der Waals surface area contributed by atoms with Gasteiger partial charge in [0.1, 0.15) is 6.54 Å². The zero-order valence-electron chi connectivity index (χ0n) is 11.7. The summed E-state index contributed by atoms with van der Waals surface area (Å²) in [5.41, 5.74) is 7.27. The molecule has 1 aliphatic carbocycles. The van der Waals surface area contributed by atoms with Crippen LogP contribution in [0.15, 0.2) is 24.3 Å². The van der Waals surface area contributed by atoms with Crippen molar-refractivity contribution in [2.75, 3.05) is 19.6 Å². The average Bonchev–Trinajstić information content (AvgIpc) is 2.44. The van der Waals surface area contributed by atoms with Crippen LogP contribution < -0.4 is 5.73 Å². The maximum Gasteiger partial charge on any atom is 0.406 e. The summed E-state index contributed by atoms with van der Waals surface area (Å²) in [6.07, 6.45) is -2.13. The van der Waals surface area contributed by atoms with E-state index in [2.05, 4.69) is 0 Å². The van der Waals surface area contributed by atoms with Crippen LogP contribution in [-0.4, -0.2) is 36.6 Å². The molecular weight excluding hydrogens is 281 g/mol. The van der Waals surface area contributed by atoms with Crippen molar-refractivity contribution in [3.63, 3.8) is 0 Å². The third kappa shape index (κ3) is 3.97. The molecule has 1 aromatic carbocycles. The summed E-state index contributed by atoms with van der Waals surface area (Å²) in [6.45, 7) is -1.28. The van der Waals surface area contributed by atoms with Gasteiger partial charge < -0.3 is 10.6 Å². The van der Waals surface area contributed by atoms with Crippen molar-refractivity contribution in [3.05, 3.63) is 35.4 Å². The average molecular weight is 300 g/mol. The van der Waals surface area contributed by atoms with Gasteiger partial charge in [-0.2, -0.15) is 13.2 Å². The number of fused-ring (bicyclic) bond motifs is 1. The van der Waals surface area contributed by atoms with Gasteiger partial charge in [-0.15, -0.1) is 0 Å². The smallest absolute Gasteiger partial charge is 0.332 e. The van der Waals surface area contributed by atoms with E-state index in [9.17, 15) is 18.0 Å². The minimum absolute atomic E-state index is 0.0240. The fourth-order valence-electron chi connectivity index (χ4n) is 2.87. The first-order valence-electron chi connectivity index (χ1n) is 7.06. The molecule has 6 heteroatoms. The van der Waals surface area contributed by atoms with E-state index in [0.717, 1.165) is 28.9 Å². The highest BCUT2D eigenvalue weighted by atomic mass is 19.4. The Kier molecular flexibility index (Phi) is 4.88. The minimum Gasteiger partial charge on any atom is -0.332 e. The zero-order valence-corrected chi connectivity index (χ0v) is 11.7. The highest BCUT2D eigenvalue weighted by molar-refractivity contribution is 5.84. The Morgan fingerprint density at radius 2 is 2.05 bits per heavy atom. The molecular formula is C15H19F3N2O. The van der Waals surface area contributed by atoms with Crippen LogP contribution in [0.1, 0.15) is 29.9 Å². The SMILES string of the molecule is NCCN(CC(F)(F)F)C(=O)C1CCCc2ccccc21. The molecule has 116 valence electrons. The predicted molar refractivity (Wildman–Crippen MR) is 73.8 cm³/mol. The van der Waals surface area contributed by atoms with Crippen molar-refractivity contribution in [1.82, 2.24) is 4.90 Å². The number of aryl methyl sites for hydroxylation is 1. The number of carbonyl (C=O) groups is 1. The Morgan fingerprint density at radius 3 is 2.71 bits per heavy atom. The summed E-state index contributed by atoms with van der Waals surface area (Å²) in [4.78, 5) is 13.3. The summed E-state index contributed by atoms with van der Waals surface area (Å²) in [6, 6.07) is 7.48. The van der Waals surface area contributed by atoms with Crippen molar-refractivity contribution in [2.24, 2.45) is 5.73 Å². The van der Waals surface area contributed by atoms with Gasteiger partial charge >= 0.3 is 6.18 Å². The number of hydrogen-bond donors (Lipinski definition) is 1. The molecule has 0 spiro atoms. The molecule has 1 amide bonds. The van der Waals surface area contributed by atoms with Gasteiger partial charge in [0.05, 0.1) is 5.92 Å². The van der Waals surface area contributed by atoms with Gasteiger partial charge in [-0.3, -0.25) is 4.79 Å². The number of rotatable bonds is 4. The normalized spacial score (nSPS) is 18.2. The quantitative estimate of drug-likeness (QED) is 0.928. The predicted octanol–water partition coefficient (Wildman–Crippen LogP) is 2.46. The van der Waals surface area contributed by atoms with E-state index in [1.165, 1.54) is 0 Å². The fraction of sp³-hybridized carbons (Fsp3) is 0.533. The van der Waals surface area contributed by atoms with E-state index in [4.69, 9.17) is 5.73 Å². The molecule has 1 aliphatic rings. The first-order chi connectivity index (χ1) is 9.92. The maximum atomic E-state index is 12.6. The number of hydrogen-bond acceptors (Lipinski definition) is 2. The molecule has 21 heavy (non-hydrogen) atoms. The summed E-state index contributed by atoms with van der Waals surface area (Å²) < 4.78 is 37.9. The van der Waals surface area contributed by atoms with Crippen molar-refractivity contribution < 1.29 is 18.0 Å². The summed E-state index contributed by atoms with van der Waals surface area (Å²) in [5.74, 6) is -0.950. The highest BCUT2D eigenvalue weighted by Gasteiger charge is 2.36. The van der Waals surface area contributed by atoms with E-state index in [0.29, 0.717) is 6.42 Å². The highest BCUT2D eigenvalue weighted by Crippen LogP contribution is 2.33. The molecule has 0 heterocycles. The van der Waals surface area contributed by atoms with Gasteiger partial charge in [0, 0.05) is 13.1 Å². The first kappa shape index (κ1) is 15.8. The van der Waals surface area contributed by atoms with Crippen LogP contribution >= 0.6 is 0 Å². The van der Waals surface area contributed by atoms with Crippen LogP contribution in [0.5, 0.6) is 0 Å². The lowest BCUT2D eigenvalue weighted by Crippen LogP contribution is -2.44. The number of amides is 1. The largest absolute Gasteiger partial charge is 0.406 e. The number of nitrogens with zero attached hydrogens (tertiary/aromatic N) is 1. The second kappa shape index (κ2) is 6.47. The Balaban J connectivity index is 2.21. The number of benzene rings is 1. The molecule has 0 saturated carbocycles. The van der Waals surface area contributed by atoms with Gasteiger partial charge in [-0.25, -0.2) is 0 Å². The molecule has 1 unspecified atom stereocenters. The maximum absolute atomic E-state index is 12.6. The topological polar surface area (TPSA) is 46.3 Å². The van der Waals surface area contributed by atoms with Crippen molar-refractivity contribution in [3.8, 4) is 0 Å². The third-order valence-electron chi connectivity index (χ3n) is 3.75. The van der Waals surface area contributed by atoms with Crippen LogP contribution in [0.3, 0.4) is 0 Å². The molecule has 0 radical (unpaired) electrons. The van der Waals surface area contributed by atoms with E-state index >= 15 is 0 Å². The summed E-state index contributed by atoms with van der Waals surface area (Å²) in [5, 5.41) is 0. The van der Waals surface area contributed by atoms with E-state index in [1.807, 2.05) is 24.3 Å². The summed E-state index contributed by atoms with van der Waals surface area (Å²) >= 11 is 0.